The standard InChI is InChI=1S/C12H12Cl2N2O2/c1-3-10(12(17)18)16-6(2)15-9-4-7(13)8(14)5-11(9)16/h4-5,10H,3H2,1-2H3,(H,17,18). The molecule has 0 spiro atoms. The zero-order valence-corrected chi connectivity index (χ0v) is 11.5. The summed E-state index contributed by atoms with van der Waals surface area (Å²) in [6, 6.07) is 2.66. The molecule has 2 rings (SSSR count). The Morgan fingerprint density at radius 2 is 2.06 bits per heavy atom. The van der Waals surface area contributed by atoms with Crippen LogP contribution in [0, 0.1) is 6.92 Å². The van der Waals surface area contributed by atoms with E-state index in [4.69, 9.17) is 23.2 Å². The van der Waals surface area contributed by atoms with Crippen molar-refractivity contribution in [3.8, 4) is 0 Å². The highest BCUT2D eigenvalue weighted by Gasteiger charge is 2.22. The van der Waals surface area contributed by atoms with Gasteiger partial charge in [-0.15, -0.1) is 0 Å². The van der Waals surface area contributed by atoms with E-state index in [-0.39, 0.29) is 0 Å². The monoisotopic (exact) mass is 286 g/mol. The van der Waals surface area contributed by atoms with Crippen LogP contribution in [0.25, 0.3) is 11.0 Å². The molecule has 1 aromatic heterocycles. The fraction of sp³-hybridized carbons (Fsp3) is 0.333. The van der Waals surface area contributed by atoms with Gasteiger partial charge in [-0.3, -0.25) is 0 Å². The number of benzene rings is 1. The van der Waals surface area contributed by atoms with Crippen molar-refractivity contribution in [2.75, 3.05) is 0 Å². The van der Waals surface area contributed by atoms with Gasteiger partial charge in [0.05, 0.1) is 21.1 Å². The molecule has 0 saturated heterocycles. The second kappa shape index (κ2) is 4.78. The van der Waals surface area contributed by atoms with E-state index in [1.165, 1.54) is 0 Å². The molecule has 1 unspecified atom stereocenters. The Morgan fingerprint density at radius 1 is 1.44 bits per heavy atom. The average Bonchev–Trinajstić information content (AvgIpc) is 2.57. The number of nitrogens with zero attached hydrogens (tertiary/aromatic N) is 2. The third kappa shape index (κ3) is 2.06. The van der Waals surface area contributed by atoms with Crippen molar-refractivity contribution in [1.82, 2.24) is 9.55 Å². The van der Waals surface area contributed by atoms with E-state index in [9.17, 15) is 9.90 Å². The van der Waals surface area contributed by atoms with Crippen molar-refractivity contribution >= 4 is 40.2 Å². The number of hydrogen-bond donors (Lipinski definition) is 1. The lowest BCUT2D eigenvalue weighted by Crippen LogP contribution is -2.19. The predicted molar refractivity (Wildman–Crippen MR) is 71.5 cm³/mol. The minimum absolute atomic E-state index is 0.394. The Bertz CT molecular complexity index is 622. The van der Waals surface area contributed by atoms with Crippen LogP contribution in [0.1, 0.15) is 25.2 Å². The van der Waals surface area contributed by atoms with Crippen LogP contribution in [0.2, 0.25) is 10.0 Å². The van der Waals surface area contributed by atoms with E-state index >= 15 is 0 Å². The van der Waals surface area contributed by atoms with Crippen LogP contribution < -0.4 is 0 Å². The first kappa shape index (κ1) is 13.2. The second-order valence-corrected chi connectivity index (χ2v) is 4.86. The van der Waals surface area contributed by atoms with Crippen LogP contribution >= 0.6 is 23.2 Å². The minimum atomic E-state index is -0.883. The van der Waals surface area contributed by atoms with Crippen molar-refractivity contribution in [2.24, 2.45) is 0 Å². The number of carboxylic acids is 1. The molecule has 0 amide bonds. The normalized spacial score (nSPS) is 12.9. The molecule has 0 aliphatic heterocycles. The summed E-state index contributed by atoms with van der Waals surface area (Å²) in [5, 5.41) is 10.1. The topological polar surface area (TPSA) is 55.1 Å². The first-order chi connectivity index (χ1) is 8.45. The number of carbonyl (C=O) groups is 1. The Labute approximate surface area is 114 Å². The summed E-state index contributed by atoms with van der Waals surface area (Å²) in [6.07, 6.45) is 0.474. The molecule has 2 aromatic rings. The minimum Gasteiger partial charge on any atom is -0.480 e. The summed E-state index contributed by atoms with van der Waals surface area (Å²) in [5.74, 6) is -0.247. The predicted octanol–water partition coefficient (Wildman–Crippen LogP) is 3.69. The van der Waals surface area contributed by atoms with Crippen LogP contribution in [0.5, 0.6) is 0 Å². The number of carboxylic acid groups (broad SMARTS) is 1. The largest absolute Gasteiger partial charge is 0.480 e. The maximum absolute atomic E-state index is 11.3. The van der Waals surface area contributed by atoms with Crippen LogP contribution in [0.4, 0.5) is 0 Å². The molecule has 1 aromatic carbocycles. The first-order valence-electron chi connectivity index (χ1n) is 5.52. The number of halogens is 2. The summed E-state index contributed by atoms with van der Waals surface area (Å²) >= 11 is 11.9. The summed E-state index contributed by atoms with van der Waals surface area (Å²) in [4.78, 5) is 15.6. The molecule has 1 heterocycles. The molecule has 6 heteroatoms. The fourth-order valence-electron chi connectivity index (χ4n) is 2.07. The maximum atomic E-state index is 11.3. The Kier molecular flexibility index (Phi) is 3.50. The number of hydrogen-bond acceptors (Lipinski definition) is 2. The SMILES string of the molecule is CCC(C(=O)O)n1c(C)nc2cc(Cl)c(Cl)cc21. The zero-order valence-electron chi connectivity index (χ0n) is 9.94. The van der Waals surface area contributed by atoms with Gasteiger partial charge in [-0.2, -0.15) is 0 Å². The molecular formula is C12H12Cl2N2O2. The molecular weight excluding hydrogens is 275 g/mol. The summed E-state index contributed by atoms with van der Waals surface area (Å²) < 4.78 is 1.68. The summed E-state index contributed by atoms with van der Waals surface area (Å²) in [5.41, 5.74) is 1.35. The van der Waals surface area contributed by atoms with Gasteiger partial charge >= 0.3 is 5.97 Å². The van der Waals surface area contributed by atoms with E-state index in [2.05, 4.69) is 4.98 Å². The number of aryl methyl sites for hydroxylation is 1. The van der Waals surface area contributed by atoms with Crippen LogP contribution in [0.3, 0.4) is 0 Å². The Morgan fingerprint density at radius 3 is 2.61 bits per heavy atom. The summed E-state index contributed by atoms with van der Waals surface area (Å²) in [6.45, 7) is 3.59. The van der Waals surface area contributed by atoms with E-state index in [0.717, 1.165) is 0 Å². The van der Waals surface area contributed by atoms with Crippen LogP contribution in [0.15, 0.2) is 12.1 Å². The number of fused-ring (bicyclic) bond motifs is 1. The van der Waals surface area contributed by atoms with Crippen molar-refractivity contribution in [1.29, 1.82) is 0 Å². The fourth-order valence-corrected chi connectivity index (χ4v) is 2.39. The number of aliphatic carboxylic acids is 1. The van der Waals surface area contributed by atoms with Gasteiger partial charge in [0.25, 0.3) is 0 Å². The van der Waals surface area contributed by atoms with Crippen LogP contribution in [-0.2, 0) is 4.79 Å². The van der Waals surface area contributed by atoms with E-state index in [1.807, 2.05) is 6.92 Å². The second-order valence-electron chi connectivity index (χ2n) is 4.05. The highest BCUT2D eigenvalue weighted by molar-refractivity contribution is 6.42. The summed E-state index contributed by atoms with van der Waals surface area (Å²) in [7, 11) is 0. The van der Waals surface area contributed by atoms with Crippen molar-refractivity contribution in [3.05, 3.63) is 28.0 Å². The maximum Gasteiger partial charge on any atom is 0.326 e. The van der Waals surface area contributed by atoms with Crippen molar-refractivity contribution < 1.29 is 9.90 Å². The lowest BCUT2D eigenvalue weighted by Gasteiger charge is -2.14. The molecule has 0 fully saturated rings. The highest BCUT2D eigenvalue weighted by Crippen LogP contribution is 2.30. The smallest absolute Gasteiger partial charge is 0.326 e. The number of imidazole rings is 1. The lowest BCUT2D eigenvalue weighted by atomic mass is 10.2. The quantitative estimate of drug-likeness (QED) is 0.936. The molecule has 0 bridgehead atoms. The number of rotatable bonds is 3. The molecule has 0 saturated carbocycles. The van der Waals surface area contributed by atoms with Gasteiger partial charge in [0, 0.05) is 0 Å². The molecule has 1 N–H and O–H groups in total. The van der Waals surface area contributed by atoms with E-state index < -0.39 is 12.0 Å². The molecule has 96 valence electrons. The van der Waals surface area contributed by atoms with Crippen molar-refractivity contribution in [3.63, 3.8) is 0 Å². The van der Waals surface area contributed by atoms with Gasteiger partial charge in [0.2, 0.25) is 0 Å². The average molecular weight is 287 g/mol. The van der Waals surface area contributed by atoms with Gasteiger partial charge < -0.3 is 9.67 Å². The first-order valence-corrected chi connectivity index (χ1v) is 6.27. The highest BCUT2D eigenvalue weighted by atomic mass is 35.5. The van der Waals surface area contributed by atoms with E-state index in [1.54, 1.807) is 23.6 Å². The van der Waals surface area contributed by atoms with Crippen molar-refractivity contribution in [2.45, 2.75) is 26.3 Å². The van der Waals surface area contributed by atoms with E-state index in [0.29, 0.717) is 33.3 Å². The Balaban J connectivity index is 2.73. The lowest BCUT2D eigenvalue weighted by molar-refractivity contribution is -0.140. The van der Waals surface area contributed by atoms with Gasteiger partial charge in [0.1, 0.15) is 11.9 Å². The van der Waals surface area contributed by atoms with Gasteiger partial charge in [-0.25, -0.2) is 9.78 Å². The molecule has 0 aliphatic rings. The number of aromatic nitrogens is 2. The molecule has 0 radical (unpaired) electrons. The Hall–Kier alpha value is -1.26. The van der Waals surface area contributed by atoms with Gasteiger partial charge in [-0.05, 0) is 25.5 Å². The third-order valence-electron chi connectivity index (χ3n) is 2.89. The van der Waals surface area contributed by atoms with Gasteiger partial charge in [0.15, 0.2) is 0 Å². The molecule has 4 nitrogen and oxygen atoms in total. The molecule has 0 aliphatic carbocycles. The third-order valence-corrected chi connectivity index (χ3v) is 3.61. The van der Waals surface area contributed by atoms with Crippen LogP contribution in [-0.4, -0.2) is 20.6 Å². The molecule has 18 heavy (non-hydrogen) atoms. The van der Waals surface area contributed by atoms with Gasteiger partial charge in [-0.1, -0.05) is 30.1 Å². The zero-order chi connectivity index (χ0) is 13.4. The molecule has 1 atom stereocenters.